The minimum atomic E-state index is -4.27. The molecule has 3 N–H and O–H groups in total. The second kappa shape index (κ2) is 7.47. The van der Waals surface area contributed by atoms with E-state index in [1.807, 2.05) is 30.3 Å². The highest BCUT2D eigenvalue weighted by Crippen LogP contribution is 2.20. The molecule has 0 saturated carbocycles. The van der Waals surface area contributed by atoms with Gasteiger partial charge >= 0.3 is 6.18 Å². The van der Waals surface area contributed by atoms with E-state index in [-0.39, 0.29) is 32.2 Å². The first-order chi connectivity index (χ1) is 8.96. The van der Waals surface area contributed by atoms with Crippen molar-refractivity contribution in [1.29, 1.82) is 0 Å². The van der Waals surface area contributed by atoms with Gasteiger partial charge in [-0.15, -0.1) is 0 Å². The Morgan fingerprint density at radius 2 is 1.84 bits per heavy atom. The smallest absolute Gasteiger partial charge is 0.395 e. The Labute approximate surface area is 110 Å². The first kappa shape index (κ1) is 15.9. The van der Waals surface area contributed by atoms with E-state index in [1.165, 1.54) is 4.90 Å². The van der Waals surface area contributed by atoms with Crippen LogP contribution in [0.4, 0.5) is 13.2 Å². The van der Waals surface area contributed by atoms with Gasteiger partial charge in [0.25, 0.3) is 0 Å². The van der Waals surface area contributed by atoms with E-state index in [1.54, 1.807) is 0 Å². The van der Waals surface area contributed by atoms with Crippen molar-refractivity contribution < 1.29 is 18.3 Å². The van der Waals surface area contributed by atoms with Crippen LogP contribution in [0.2, 0.25) is 0 Å². The average Bonchev–Trinajstić information content (AvgIpc) is 2.35. The van der Waals surface area contributed by atoms with E-state index < -0.39 is 12.7 Å². The molecular weight excluding hydrogens is 257 g/mol. The van der Waals surface area contributed by atoms with Crippen LogP contribution in [0.5, 0.6) is 0 Å². The lowest BCUT2D eigenvalue weighted by molar-refractivity contribution is -0.147. The molecule has 0 amide bonds. The van der Waals surface area contributed by atoms with Crippen LogP contribution in [-0.4, -0.2) is 49.0 Å². The van der Waals surface area contributed by atoms with Crippen molar-refractivity contribution in [1.82, 2.24) is 4.90 Å². The van der Waals surface area contributed by atoms with Crippen molar-refractivity contribution in [3.8, 4) is 0 Å². The molecular formula is C13H19F3N2O. The number of aliphatic hydroxyl groups excluding tert-OH is 1. The zero-order valence-corrected chi connectivity index (χ0v) is 10.6. The van der Waals surface area contributed by atoms with Crippen LogP contribution in [0.3, 0.4) is 0 Å². The highest BCUT2D eigenvalue weighted by molar-refractivity contribution is 5.20. The molecule has 0 saturated heterocycles. The Morgan fingerprint density at radius 1 is 1.21 bits per heavy atom. The maximum atomic E-state index is 12.4. The van der Waals surface area contributed by atoms with Crippen LogP contribution >= 0.6 is 0 Å². The van der Waals surface area contributed by atoms with Crippen molar-refractivity contribution in [2.45, 2.75) is 12.1 Å². The summed E-state index contributed by atoms with van der Waals surface area (Å²) in [5.41, 5.74) is 6.55. The number of halogens is 3. The van der Waals surface area contributed by atoms with Gasteiger partial charge in [-0.05, 0) is 5.56 Å². The van der Waals surface area contributed by atoms with E-state index in [2.05, 4.69) is 0 Å². The van der Waals surface area contributed by atoms with E-state index in [0.29, 0.717) is 0 Å². The fourth-order valence-electron chi connectivity index (χ4n) is 1.98. The molecule has 19 heavy (non-hydrogen) atoms. The molecule has 108 valence electrons. The third kappa shape index (κ3) is 6.04. The van der Waals surface area contributed by atoms with Gasteiger partial charge in [-0.25, -0.2) is 0 Å². The quantitative estimate of drug-likeness (QED) is 0.795. The molecule has 6 heteroatoms. The maximum Gasteiger partial charge on any atom is 0.401 e. The van der Waals surface area contributed by atoms with Gasteiger partial charge in [-0.2, -0.15) is 13.2 Å². The lowest BCUT2D eigenvalue weighted by Crippen LogP contribution is -2.40. The predicted molar refractivity (Wildman–Crippen MR) is 67.8 cm³/mol. The van der Waals surface area contributed by atoms with Gasteiger partial charge in [0.05, 0.1) is 13.2 Å². The summed E-state index contributed by atoms with van der Waals surface area (Å²) < 4.78 is 37.3. The van der Waals surface area contributed by atoms with Crippen molar-refractivity contribution in [2.75, 3.05) is 32.8 Å². The average molecular weight is 276 g/mol. The second-order valence-corrected chi connectivity index (χ2v) is 4.42. The molecule has 0 spiro atoms. The molecule has 0 radical (unpaired) electrons. The molecule has 0 aliphatic rings. The number of aliphatic hydroxyl groups is 1. The Kier molecular flexibility index (Phi) is 6.27. The molecule has 1 aromatic rings. The summed E-state index contributed by atoms with van der Waals surface area (Å²) in [5, 5.41) is 8.85. The monoisotopic (exact) mass is 276 g/mol. The van der Waals surface area contributed by atoms with Crippen molar-refractivity contribution in [3.05, 3.63) is 35.9 Å². The number of alkyl halides is 3. The summed E-state index contributed by atoms with van der Waals surface area (Å²) in [7, 11) is 0. The summed E-state index contributed by atoms with van der Waals surface area (Å²) in [6.45, 7) is -0.897. The summed E-state index contributed by atoms with van der Waals surface area (Å²) in [5.74, 6) is -0.171. The number of benzene rings is 1. The summed E-state index contributed by atoms with van der Waals surface area (Å²) in [6.07, 6.45) is -4.27. The zero-order valence-electron chi connectivity index (χ0n) is 10.6. The number of hydrogen-bond acceptors (Lipinski definition) is 3. The first-order valence-corrected chi connectivity index (χ1v) is 6.11. The van der Waals surface area contributed by atoms with Crippen LogP contribution < -0.4 is 5.73 Å². The van der Waals surface area contributed by atoms with E-state index in [0.717, 1.165) is 5.56 Å². The third-order valence-corrected chi connectivity index (χ3v) is 2.85. The summed E-state index contributed by atoms with van der Waals surface area (Å²) in [6, 6.07) is 9.21. The first-order valence-electron chi connectivity index (χ1n) is 6.11. The lowest BCUT2D eigenvalue weighted by atomic mass is 9.98. The predicted octanol–water partition coefficient (Wildman–Crippen LogP) is 1.59. The molecule has 0 aromatic heterocycles. The molecule has 1 atom stereocenters. The summed E-state index contributed by atoms with van der Waals surface area (Å²) >= 11 is 0. The van der Waals surface area contributed by atoms with Gasteiger partial charge in [0, 0.05) is 25.6 Å². The third-order valence-electron chi connectivity index (χ3n) is 2.85. The van der Waals surface area contributed by atoms with Gasteiger partial charge < -0.3 is 10.8 Å². The van der Waals surface area contributed by atoms with Gasteiger partial charge in [0.2, 0.25) is 0 Å². The Morgan fingerprint density at radius 3 is 2.32 bits per heavy atom. The topological polar surface area (TPSA) is 49.5 Å². The number of rotatable bonds is 7. The Balaban J connectivity index is 2.70. The van der Waals surface area contributed by atoms with Crippen LogP contribution in [0.1, 0.15) is 11.5 Å². The van der Waals surface area contributed by atoms with Crippen LogP contribution in [0.25, 0.3) is 0 Å². The molecule has 0 bridgehead atoms. The normalized spacial score (nSPS) is 13.8. The molecule has 1 unspecified atom stereocenters. The fourth-order valence-corrected chi connectivity index (χ4v) is 1.98. The molecule has 1 aromatic carbocycles. The summed E-state index contributed by atoms with van der Waals surface area (Å²) in [4.78, 5) is 1.19. The number of hydrogen-bond donors (Lipinski definition) is 2. The van der Waals surface area contributed by atoms with Crippen molar-refractivity contribution >= 4 is 0 Å². The maximum absolute atomic E-state index is 12.4. The van der Waals surface area contributed by atoms with Crippen molar-refractivity contribution in [2.24, 2.45) is 5.73 Å². The lowest BCUT2D eigenvalue weighted by Gasteiger charge is -2.27. The Bertz CT molecular complexity index is 357. The molecule has 3 nitrogen and oxygen atoms in total. The van der Waals surface area contributed by atoms with Gasteiger partial charge in [0.1, 0.15) is 0 Å². The molecule has 1 rings (SSSR count). The SMILES string of the molecule is NCC(CN(CCO)CC(F)(F)F)c1ccccc1. The minimum absolute atomic E-state index is 0.0111. The van der Waals surface area contributed by atoms with Crippen LogP contribution in [0, 0.1) is 0 Å². The van der Waals surface area contributed by atoms with Gasteiger partial charge in [0.15, 0.2) is 0 Å². The highest BCUT2D eigenvalue weighted by atomic mass is 19.4. The molecule has 0 fully saturated rings. The van der Waals surface area contributed by atoms with E-state index in [4.69, 9.17) is 10.8 Å². The van der Waals surface area contributed by atoms with E-state index in [9.17, 15) is 13.2 Å². The highest BCUT2D eigenvalue weighted by Gasteiger charge is 2.31. The number of nitrogens with two attached hydrogens (primary N) is 1. The minimum Gasteiger partial charge on any atom is -0.395 e. The zero-order chi connectivity index (χ0) is 14.3. The standard InChI is InChI=1S/C13H19F3N2O/c14-13(15,16)10-18(6-7-19)9-12(8-17)11-4-2-1-3-5-11/h1-5,12,19H,6-10,17H2. The van der Waals surface area contributed by atoms with Crippen LogP contribution in [0.15, 0.2) is 30.3 Å². The molecule has 0 aliphatic heterocycles. The van der Waals surface area contributed by atoms with E-state index >= 15 is 0 Å². The van der Waals surface area contributed by atoms with Crippen LogP contribution in [-0.2, 0) is 0 Å². The largest absolute Gasteiger partial charge is 0.401 e. The number of nitrogens with zero attached hydrogens (tertiary/aromatic N) is 1. The van der Waals surface area contributed by atoms with Gasteiger partial charge in [-0.1, -0.05) is 30.3 Å². The molecule has 0 heterocycles. The second-order valence-electron chi connectivity index (χ2n) is 4.42. The Hall–Kier alpha value is -1.11. The van der Waals surface area contributed by atoms with Gasteiger partial charge in [-0.3, -0.25) is 4.90 Å². The molecule has 0 aliphatic carbocycles. The van der Waals surface area contributed by atoms with Crippen molar-refractivity contribution in [3.63, 3.8) is 0 Å². The fraction of sp³-hybridized carbons (Fsp3) is 0.538.